The predicted molar refractivity (Wildman–Crippen MR) is 64.8 cm³/mol. The van der Waals surface area contributed by atoms with E-state index in [4.69, 9.17) is 4.74 Å². The van der Waals surface area contributed by atoms with E-state index in [1.165, 1.54) is 6.92 Å². The van der Waals surface area contributed by atoms with Crippen molar-refractivity contribution in [3.05, 3.63) is 47.5 Å². The molecule has 0 aliphatic heterocycles. The highest BCUT2D eigenvalue weighted by molar-refractivity contribution is 6.00. The number of esters is 1. The molecule has 0 spiro atoms. The molecule has 17 heavy (non-hydrogen) atoms. The lowest BCUT2D eigenvalue weighted by Gasteiger charge is -2.08. The first kappa shape index (κ1) is 11.3. The maximum atomic E-state index is 11.0. The summed E-state index contributed by atoms with van der Waals surface area (Å²) in [6, 6.07) is 11.2. The molecule has 0 aromatic heterocycles. The fourth-order valence-electron chi connectivity index (χ4n) is 1.85. The van der Waals surface area contributed by atoms with Crippen LogP contribution in [0.15, 0.2) is 36.4 Å². The van der Waals surface area contributed by atoms with Gasteiger partial charge >= 0.3 is 5.97 Å². The summed E-state index contributed by atoms with van der Waals surface area (Å²) in [5.41, 5.74) is 1.46. The van der Waals surface area contributed by atoms with Crippen molar-refractivity contribution in [1.82, 2.24) is 0 Å². The topological polar surface area (TPSA) is 43.4 Å². The molecule has 0 unspecified atom stereocenters. The molecule has 3 heteroatoms. The largest absolute Gasteiger partial charge is 0.461 e. The zero-order chi connectivity index (χ0) is 12.3. The van der Waals surface area contributed by atoms with Crippen molar-refractivity contribution < 1.29 is 14.3 Å². The normalized spacial score (nSPS) is 10.2. The van der Waals surface area contributed by atoms with Crippen molar-refractivity contribution in [3.8, 4) is 0 Å². The van der Waals surface area contributed by atoms with Gasteiger partial charge in [0.15, 0.2) is 6.29 Å². The minimum Gasteiger partial charge on any atom is -0.461 e. The third kappa shape index (κ3) is 2.33. The molecule has 0 atom stereocenters. The van der Waals surface area contributed by atoms with Crippen molar-refractivity contribution in [1.29, 1.82) is 0 Å². The maximum absolute atomic E-state index is 11.0. The van der Waals surface area contributed by atoms with Gasteiger partial charge in [-0.2, -0.15) is 0 Å². The first-order valence-electron chi connectivity index (χ1n) is 5.31. The average molecular weight is 228 g/mol. The van der Waals surface area contributed by atoms with Crippen LogP contribution in [0.3, 0.4) is 0 Å². The van der Waals surface area contributed by atoms with Gasteiger partial charge in [-0.05, 0) is 16.3 Å². The van der Waals surface area contributed by atoms with Crippen LogP contribution in [0.4, 0.5) is 0 Å². The Hall–Kier alpha value is -2.16. The number of carbonyl (C=O) groups is 2. The molecule has 0 N–H and O–H groups in total. The summed E-state index contributed by atoms with van der Waals surface area (Å²) >= 11 is 0. The van der Waals surface area contributed by atoms with E-state index in [2.05, 4.69) is 0 Å². The van der Waals surface area contributed by atoms with E-state index in [-0.39, 0.29) is 12.6 Å². The second kappa shape index (κ2) is 4.78. The fraction of sp³-hybridized carbons (Fsp3) is 0.143. The lowest BCUT2D eigenvalue weighted by Crippen LogP contribution is -2.00. The zero-order valence-electron chi connectivity index (χ0n) is 9.47. The van der Waals surface area contributed by atoms with Gasteiger partial charge in [0.05, 0.1) is 0 Å². The zero-order valence-corrected chi connectivity index (χ0v) is 9.47. The van der Waals surface area contributed by atoms with Gasteiger partial charge in [0.1, 0.15) is 6.61 Å². The molecule has 0 aliphatic carbocycles. The van der Waals surface area contributed by atoms with Gasteiger partial charge in [-0.25, -0.2) is 0 Å². The summed E-state index contributed by atoms with van der Waals surface area (Å²) in [6.07, 6.45) is 0.819. The van der Waals surface area contributed by atoms with Crippen molar-refractivity contribution in [2.75, 3.05) is 0 Å². The molecule has 0 bridgehead atoms. The first-order chi connectivity index (χ1) is 8.22. The Morgan fingerprint density at radius 3 is 2.59 bits per heavy atom. The smallest absolute Gasteiger partial charge is 0.302 e. The molecule has 86 valence electrons. The molecule has 0 aliphatic rings. The summed E-state index contributed by atoms with van der Waals surface area (Å²) < 4.78 is 4.98. The summed E-state index contributed by atoms with van der Waals surface area (Å²) in [6.45, 7) is 1.56. The summed E-state index contributed by atoms with van der Waals surface area (Å²) in [7, 11) is 0. The van der Waals surface area contributed by atoms with E-state index in [0.29, 0.717) is 5.56 Å². The highest BCUT2D eigenvalue weighted by Crippen LogP contribution is 2.22. The van der Waals surface area contributed by atoms with Gasteiger partial charge in [0.25, 0.3) is 0 Å². The number of rotatable bonds is 3. The number of carbonyl (C=O) groups excluding carboxylic acids is 2. The highest BCUT2D eigenvalue weighted by Gasteiger charge is 2.06. The molecule has 3 nitrogen and oxygen atoms in total. The van der Waals surface area contributed by atoms with Gasteiger partial charge in [0, 0.05) is 12.5 Å². The Kier molecular flexibility index (Phi) is 3.19. The van der Waals surface area contributed by atoms with Crippen LogP contribution >= 0.6 is 0 Å². The third-order valence-corrected chi connectivity index (χ3v) is 2.58. The highest BCUT2D eigenvalue weighted by atomic mass is 16.5. The molecule has 0 amide bonds. The van der Waals surface area contributed by atoms with Crippen LogP contribution in [0.25, 0.3) is 10.8 Å². The lowest BCUT2D eigenvalue weighted by molar-refractivity contribution is -0.142. The molecule has 0 saturated heterocycles. The monoisotopic (exact) mass is 228 g/mol. The minimum atomic E-state index is -0.328. The molecule has 2 aromatic rings. The second-order valence-electron chi connectivity index (χ2n) is 3.76. The number of fused-ring (bicyclic) bond motifs is 1. The van der Waals surface area contributed by atoms with Gasteiger partial charge in [-0.15, -0.1) is 0 Å². The number of hydrogen-bond acceptors (Lipinski definition) is 3. The van der Waals surface area contributed by atoms with Crippen molar-refractivity contribution in [2.24, 2.45) is 0 Å². The van der Waals surface area contributed by atoms with Crippen LogP contribution in [0.2, 0.25) is 0 Å². The van der Waals surface area contributed by atoms with Gasteiger partial charge in [-0.3, -0.25) is 9.59 Å². The standard InChI is InChI=1S/C14H12O3/c1-10(16)17-9-13-7-3-5-11-4-2-6-12(8-15)14(11)13/h2-8H,9H2,1H3. The molecular weight excluding hydrogens is 216 g/mol. The minimum absolute atomic E-state index is 0.192. The number of hydrogen-bond donors (Lipinski definition) is 0. The Morgan fingerprint density at radius 2 is 1.94 bits per heavy atom. The van der Waals surface area contributed by atoms with E-state index in [1.807, 2.05) is 30.3 Å². The third-order valence-electron chi connectivity index (χ3n) is 2.58. The van der Waals surface area contributed by atoms with E-state index >= 15 is 0 Å². The van der Waals surface area contributed by atoms with Crippen LogP contribution in [0, 0.1) is 0 Å². The maximum Gasteiger partial charge on any atom is 0.302 e. The van der Waals surface area contributed by atoms with E-state index < -0.39 is 0 Å². The Balaban J connectivity index is 2.54. The molecule has 2 aromatic carbocycles. The lowest BCUT2D eigenvalue weighted by atomic mass is 10.0. The van der Waals surface area contributed by atoms with Crippen LogP contribution in [0.5, 0.6) is 0 Å². The van der Waals surface area contributed by atoms with Gasteiger partial charge in [0.2, 0.25) is 0 Å². The van der Waals surface area contributed by atoms with E-state index in [1.54, 1.807) is 6.07 Å². The van der Waals surface area contributed by atoms with Crippen molar-refractivity contribution in [2.45, 2.75) is 13.5 Å². The Morgan fingerprint density at radius 1 is 1.24 bits per heavy atom. The van der Waals surface area contributed by atoms with Crippen LogP contribution in [-0.2, 0) is 16.1 Å². The summed E-state index contributed by atoms with van der Waals surface area (Å²) in [4.78, 5) is 21.8. The van der Waals surface area contributed by atoms with Crippen LogP contribution < -0.4 is 0 Å². The molecule has 2 rings (SSSR count). The van der Waals surface area contributed by atoms with Gasteiger partial charge < -0.3 is 4.74 Å². The van der Waals surface area contributed by atoms with Crippen molar-refractivity contribution >= 4 is 23.0 Å². The second-order valence-corrected chi connectivity index (χ2v) is 3.76. The Labute approximate surface area is 99.0 Å². The quantitative estimate of drug-likeness (QED) is 0.599. The first-order valence-corrected chi connectivity index (χ1v) is 5.31. The SMILES string of the molecule is CC(=O)OCc1cccc2cccc(C=O)c12. The number of aldehydes is 1. The molecular formula is C14H12O3. The fourth-order valence-corrected chi connectivity index (χ4v) is 1.85. The van der Waals surface area contributed by atoms with Crippen LogP contribution in [0.1, 0.15) is 22.8 Å². The van der Waals surface area contributed by atoms with E-state index in [0.717, 1.165) is 22.6 Å². The summed E-state index contributed by atoms with van der Waals surface area (Å²) in [5, 5.41) is 1.82. The predicted octanol–water partition coefficient (Wildman–Crippen LogP) is 2.72. The molecule has 0 radical (unpaired) electrons. The Bertz CT molecular complexity index is 567. The molecule has 0 fully saturated rings. The van der Waals surface area contributed by atoms with Gasteiger partial charge in [-0.1, -0.05) is 36.4 Å². The van der Waals surface area contributed by atoms with Crippen LogP contribution in [-0.4, -0.2) is 12.3 Å². The van der Waals surface area contributed by atoms with Crippen molar-refractivity contribution in [3.63, 3.8) is 0 Å². The van der Waals surface area contributed by atoms with E-state index in [9.17, 15) is 9.59 Å². The number of ether oxygens (including phenoxy) is 1. The molecule has 0 heterocycles. The summed E-state index contributed by atoms with van der Waals surface area (Å²) in [5.74, 6) is -0.328. The molecule has 0 saturated carbocycles. The average Bonchev–Trinajstić information content (AvgIpc) is 2.35. The number of benzene rings is 2.